The third-order valence-electron chi connectivity index (χ3n) is 2.28. The van der Waals surface area contributed by atoms with Crippen LogP contribution in [0.3, 0.4) is 0 Å². The smallest absolute Gasteiger partial charge is 0.125 e. The van der Waals surface area contributed by atoms with Gasteiger partial charge in [-0.05, 0) is 12.1 Å². The van der Waals surface area contributed by atoms with Gasteiger partial charge in [0.2, 0.25) is 0 Å². The van der Waals surface area contributed by atoms with Crippen LogP contribution < -0.4 is 11.1 Å². The second-order valence-corrected chi connectivity index (χ2v) is 3.96. The number of rotatable bonds is 5. The van der Waals surface area contributed by atoms with Gasteiger partial charge in [-0.2, -0.15) is 0 Å². The van der Waals surface area contributed by atoms with Gasteiger partial charge >= 0.3 is 0 Å². The van der Waals surface area contributed by atoms with E-state index in [2.05, 4.69) is 15.3 Å². The first kappa shape index (κ1) is 11.5. The van der Waals surface area contributed by atoms with Crippen molar-refractivity contribution in [3.8, 4) is 0 Å². The van der Waals surface area contributed by atoms with E-state index in [4.69, 9.17) is 18.0 Å². The molecule has 6 heteroatoms. The summed E-state index contributed by atoms with van der Waals surface area (Å²) in [7, 11) is 0. The number of hydrogen-bond acceptors (Lipinski definition) is 4. The highest BCUT2D eigenvalue weighted by Crippen LogP contribution is 2.04. The third-order valence-corrected chi connectivity index (χ3v) is 2.52. The molecular formula is C11H13N5S. The SMILES string of the molecule is NC(=S)c1ccc(NCCn2ccnc2)nc1. The van der Waals surface area contributed by atoms with Gasteiger partial charge in [0.05, 0.1) is 6.33 Å². The van der Waals surface area contributed by atoms with Gasteiger partial charge in [-0.1, -0.05) is 12.2 Å². The van der Waals surface area contributed by atoms with Gasteiger partial charge in [-0.15, -0.1) is 0 Å². The molecule has 0 saturated heterocycles. The standard InChI is InChI=1S/C11H13N5S/c12-11(17)9-1-2-10(15-7-9)14-4-6-16-5-3-13-8-16/h1-3,5,7-8H,4,6H2,(H2,12,17)(H,14,15). The van der Waals surface area contributed by atoms with E-state index in [0.29, 0.717) is 4.99 Å². The van der Waals surface area contributed by atoms with Gasteiger partial charge in [-0.3, -0.25) is 0 Å². The Bertz CT molecular complexity index is 477. The van der Waals surface area contributed by atoms with Crippen LogP contribution in [0.4, 0.5) is 5.82 Å². The average Bonchev–Trinajstić information content (AvgIpc) is 2.83. The number of pyridine rings is 1. The Morgan fingerprint density at radius 2 is 2.35 bits per heavy atom. The Morgan fingerprint density at radius 1 is 1.47 bits per heavy atom. The fraction of sp³-hybridized carbons (Fsp3) is 0.182. The normalized spacial score (nSPS) is 10.1. The quantitative estimate of drug-likeness (QED) is 0.772. The van der Waals surface area contributed by atoms with Crippen molar-refractivity contribution >= 4 is 23.0 Å². The molecule has 0 aliphatic rings. The fourth-order valence-electron chi connectivity index (χ4n) is 1.38. The molecule has 0 atom stereocenters. The van der Waals surface area contributed by atoms with E-state index < -0.39 is 0 Å². The number of thiocarbonyl (C=S) groups is 1. The minimum absolute atomic E-state index is 0.363. The highest BCUT2D eigenvalue weighted by atomic mass is 32.1. The van der Waals surface area contributed by atoms with E-state index in [9.17, 15) is 0 Å². The number of anilines is 1. The number of nitrogens with one attached hydrogen (secondary N) is 1. The maximum Gasteiger partial charge on any atom is 0.125 e. The van der Waals surface area contributed by atoms with Crippen molar-refractivity contribution in [3.63, 3.8) is 0 Å². The summed E-state index contributed by atoms with van der Waals surface area (Å²) in [4.78, 5) is 8.55. The summed E-state index contributed by atoms with van der Waals surface area (Å²) in [5.74, 6) is 0.810. The Hall–Kier alpha value is -1.95. The van der Waals surface area contributed by atoms with E-state index in [1.165, 1.54) is 0 Å². The van der Waals surface area contributed by atoms with Gasteiger partial charge in [0.15, 0.2) is 0 Å². The van der Waals surface area contributed by atoms with Crippen LogP contribution >= 0.6 is 12.2 Å². The fourth-order valence-corrected chi connectivity index (χ4v) is 1.50. The molecule has 0 unspecified atom stereocenters. The summed E-state index contributed by atoms with van der Waals surface area (Å²) in [5.41, 5.74) is 6.27. The van der Waals surface area contributed by atoms with Crippen molar-refractivity contribution in [1.29, 1.82) is 0 Å². The third kappa shape index (κ3) is 3.25. The molecule has 2 aromatic heterocycles. The van der Waals surface area contributed by atoms with Crippen LogP contribution in [0.5, 0.6) is 0 Å². The molecule has 5 nitrogen and oxygen atoms in total. The van der Waals surface area contributed by atoms with E-state index in [1.54, 1.807) is 18.7 Å². The molecule has 0 aromatic carbocycles. The van der Waals surface area contributed by atoms with E-state index in [1.807, 2.05) is 22.9 Å². The van der Waals surface area contributed by atoms with Crippen LogP contribution in [0.1, 0.15) is 5.56 Å². The summed E-state index contributed by atoms with van der Waals surface area (Å²) in [6.07, 6.45) is 7.13. The minimum Gasteiger partial charge on any atom is -0.389 e. The van der Waals surface area contributed by atoms with Crippen LogP contribution in [0.2, 0.25) is 0 Å². The second kappa shape index (κ2) is 5.40. The zero-order valence-electron chi connectivity index (χ0n) is 9.21. The molecule has 0 aliphatic heterocycles. The van der Waals surface area contributed by atoms with Crippen LogP contribution in [0.25, 0.3) is 0 Å². The van der Waals surface area contributed by atoms with E-state index in [-0.39, 0.29) is 0 Å². The zero-order valence-corrected chi connectivity index (χ0v) is 10.0. The van der Waals surface area contributed by atoms with E-state index in [0.717, 1.165) is 24.5 Å². The number of nitrogens with two attached hydrogens (primary N) is 1. The molecule has 2 heterocycles. The first-order valence-corrected chi connectivity index (χ1v) is 5.62. The number of hydrogen-bond donors (Lipinski definition) is 2. The van der Waals surface area contributed by atoms with Crippen LogP contribution in [-0.4, -0.2) is 26.1 Å². The van der Waals surface area contributed by atoms with Gasteiger partial charge in [0.25, 0.3) is 0 Å². The summed E-state index contributed by atoms with van der Waals surface area (Å²) in [5, 5.41) is 3.21. The Labute approximate surface area is 105 Å². The first-order valence-electron chi connectivity index (χ1n) is 5.21. The van der Waals surface area contributed by atoms with Gasteiger partial charge < -0.3 is 15.6 Å². The molecule has 0 saturated carbocycles. The molecule has 0 spiro atoms. The van der Waals surface area contributed by atoms with Gasteiger partial charge in [0, 0.05) is 37.2 Å². The van der Waals surface area contributed by atoms with Gasteiger partial charge in [-0.25, -0.2) is 9.97 Å². The lowest BCUT2D eigenvalue weighted by Gasteiger charge is -2.06. The van der Waals surface area contributed by atoms with Crippen molar-refractivity contribution in [1.82, 2.24) is 14.5 Å². The maximum absolute atomic E-state index is 5.49. The molecule has 0 fully saturated rings. The Balaban J connectivity index is 1.85. The van der Waals surface area contributed by atoms with Crippen LogP contribution in [0, 0.1) is 0 Å². The molecule has 17 heavy (non-hydrogen) atoms. The summed E-state index contributed by atoms with van der Waals surface area (Å²) in [6.45, 7) is 1.63. The lowest BCUT2D eigenvalue weighted by molar-refractivity contribution is 0.725. The topological polar surface area (TPSA) is 68.8 Å². The molecule has 88 valence electrons. The zero-order chi connectivity index (χ0) is 12.1. The molecule has 3 N–H and O–H groups in total. The molecule has 0 bridgehead atoms. The monoisotopic (exact) mass is 247 g/mol. The number of imidazole rings is 1. The maximum atomic E-state index is 5.49. The second-order valence-electron chi connectivity index (χ2n) is 3.52. The highest BCUT2D eigenvalue weighted by Gasteiger charge is 1.97. The Morgan fingerprint density at radius 3 is 2.94 bits per heavy atom. The van der Waals surface area contributed by atoms with E-state index >= 15 is 0 Å². The van der Waals surface area contributed by atoms with Crippen molar-refractivity contribution in [2.24, 2.45) is 5.73 Å². The highest BCUT2D eigenvalue weighted by molar-refractivity contribution is 7.80. The molecule has 2 aromatic rings. The van der Waals surface area contributed by atoms with Gasteiger partial charge in [0.1, 0.15) is 10.8 Å². The van der Waals surface area contributed by atoms with Crippen molar-refractivity contribution in [2.45, 2.75) is 6.54 Å². The van der Waals surface area contributed by atoms with Crippen LogP contribution in [-0.2, 0) is 6.54 Å². The number of nitrogens with zero attached hydrogens (tertiary/aromatic N) is 3. The lowest BCUT2D eigenvalue weighted by Crippen LogP contribution is -2.12. The average molecular weight is 247 g/mol. The molecule has 0 radical (unpaired) electrons. The largest absolute Gasteiger partial charge is 0.389 e. The van der Waals surface area contributed by atoms with Crippen LogP contribution in [0.15, 0.2) is 37.1 Å². The Kier molecular flexibility index (Phi) is 3.66. The van der Waals surface area contributed by atoms with Crippen molar-refractivity contribution in [2.75, 3.05) is 11.9 Å². The summed E-state index contributed by atoms with van der Waals surface area (Å²) in [6, 6.07) is 3.72. The number of aromatic nitrogens is 3. The molecular weight excluding hydrogens is 234 g/mol. The van der Waals surface area contributed by atoms with Crippen molar-refractivity contribution in [3.05, 3.63) is 42.6 Å². The lowest BCUT2D eigenvalue weighted by atomic mass is 10.3. The summed E-state index contributed by atoms with van der Waals surface area (Å²) < 4.78 is 2.00. The predicted octanol–water partition coefficient (Wildman–Crippen LogP) is 1.02. The first-order chi connectivity index (χ1) is 8.25. The van der Waals surface area contributed by atoms with Crippen molar-refractivity contribution < 1.29 is 0 Å². The molecule has 0 aliphatic carbocycles. The summed E-state index contributed by atoms with van der Waals surface area (Å²) >= 11 is 4.85. The predicted molar refractivity (Wildman–Crippen MR) is 70.8 cm³/mol. The molecule has 2 rings (SSSR count). The molecule has 0 amide bonds. The minimum atomic E-state index is 0.363.